The first kappa shape index (κ1) is 28.3. The van der Waals surface area contributed by atoms with Gasteiger partial charge in [-0.15, -0.1) is 0 Å². The molecule has 0 radical (unpaired) electrons. The number of carbonyl (C=O) groups is 3. The van der Waals surface area contributed by atoms with Gasteiger partial charge in [-0.25, -0.2) is 8.78 Å². The van der Waals surface area contributed by atoms with Crippen LogP contribution in [-0.4, -0.2) is 92.4 Å². The maximum Gasteiger partial charge on any atom is 0.261 e. The van der Waals surface area contributed by atoms with Crippen LogP contribution in [0.2, 0.25) is 0 Å². The molecule has 0 saturated carbocycles. The summed E-state index contributed by atoms with van der Waals surface area (Å²) in [5.74, 6) is -9.77. The summed E-state index contributed by atoms with van der Waals surface area (Å²) in [6.45, 7) is 0.0998. The largest absolute Gasteiger partial charge is 0.510 e. The number of hydrogen-bond acceptors (Lipinski definition) is 9. The summed E-state index contributed by atoms with van der Waals surface area (Å²) in [6.07, 6.45) is -0.0401. The molecule has 1 aliphatic heterocycles. The summed E-state index contributed by atoms with van der Waals surface area (Å²) >= 11 is 0. The Labute approximate surface area is 239 Å². The highest BCUT2D eigenvalue weighted by Gasteiger charge is 2.63. The van der Waals surface area contributed by atoms with Gasteiger partial charge in [0.1, 0.15) is 22.8 Å². The molecule has 2 aromatic carbocycles. The van der Waals surface area contributed by atoms with E-state index in [0.717, 1.165) is 0 Å². The minimum Gasteiger partial charge on any atom is -0.510 e. The molecule has 0 unspecified atom stereocenters. The van der Waals surface area contributed by atoms with Crippen LogP contribution in [-0.2, 0) is 22.6 Å². The molecule has 222 valence electrons. The molecule has 1 saturated heterocycles. The van der Waals surface area contributed by atoms with E-state index in [0.29, 0.717) is 21.9 Å². The van der Waals surface area contributed by atoms with E-state index in [1.165, 1.54) is 4.90 Å². The maximum atomic E-state index is 13.9. The topological polar surface area (TPSA) is 165 Å². The lowest BCUT2D eigenvalue weighted by Gasteiger charge is -2.50. The predicted octanol–water partition coefficient (Wildman–Crippen LogP) is 2.11. The molecule has 0 bridgehead atoms. The Morgan fingerprint density at radius 1 is 1.17 bits per heavy atom. The van der Waals surface area contributed by atoms with Crippen molar-refractivity contribution in [1.82, 2.24) is 9.80 Å². The van der Waals surface area contributed by atoms with Crippen LogP contribution in [0.4, 0.5) is 8.78 Å². The van der Waals surface area contributed by atoms with Crippen molar-refractivity contribution in [3.63, 3.8) is 0 Å². The third-order valence-corrected chi connectivity index (χ3v) is 9.25. The van der Waals surface area contributed by atoms with Crippen LogP contribution in [0.25, 0.3) is 10.8 Å². The number of alkyl halides is 2. The highest BCUT2D eigenvalue weighted by molar-refractivity contribution is 6.25. The average molecular weight is 584 g/mol. The molecule has 1 heterocycles. The van der Waals surface area contributed by atoms with Gasteiger partial charge in [-0.3, -0.25) is 24.2 Å². The van der Waals surface area contributed by atoms with Crippen molar-refractivity contribution < 1.29 is 43.6 Å². The first-order valence-corrected chi connectivity index (χ1v) is 13.7. The average Bonchev–Trinajstić information content (AvgIpc) is 3.24. The van der Waals surface area contributed by atoms with Crippen molar-refractivity contribution in [2.24, 2.45) is 17.6 Å². The molecule has 1 fully saturated rings. The fourth-order valence-electron chi connectivity index (χ4n) is 7.36. The van der Waals surface area contributed by atoms with E-state index in [1.54, 1.807) is 43.3 Å². The number of amides is 1. The summed E-state index contributed by atoms with van der Waals surface area (Å²) in [5, 5.41) is 46.3. The third-order valence-electron chi connectivity index (χ3n) is 9.25. The highest BCUT2D eigenvalue weighted by atomic mass is 19.3. The smallest absolute Gasteiger partial charge is 0.261 e. The Morgan fingerprint density at radius 2 is 1.88 bits per heavy atom. The van der Waals surface area contributed by atoms with Crippen molar-refractivity contribution in [1.29, 1.82) is 0 Å². The van der Waals surface area contributed by atoms with Crippen LogP contribution in [0.5, 0.6) is 5.75 Å². The highest BCUT2D eigenvalue weighted by Crippen LogP contribution is 2.52. The first-order valence-electron chi connectivity index (χ1n) is 13.7. The number of aliphatic hydroxyl groups excluding tert-OH is 2. The van der Waals surface area contributed by atoms with Crippen molar-refractivity contribution >= 4 is 28.2 Å². The minimum absolute atomic E-state index is 0.00394. The van der Waals surface area contributed by atoms with Crippen LogP contribution in [0.3, 0.4) is 0 Å². The van der Waals surface area contributed by atoms with Gasteiger partial charge >= 0.3 is 0 Å². The molecule has 3 aliphatic carbocycles. The number of allylic oxidation sites excluding steroid dienone is 1. The van der Waals surface area contributed by atoms with Gasteiger partial charge in [0.15, 0.2) is 11.4 Å². The predicted molar refractivity (Wildman–Crippen MR) is 146 cm³/mol. The fraction of sp³-hybridized carbons (Fsp3) is 0.433. The zero-order valence-corrected chi connectivity index (χ0v) is 23.0. The van der Waals surface area contributed by atoms with Crippen LogP contribution in [0.1, 0.15) is 34.3 Å². The lowest BCUT2D eigenvalue weighted by atomic mass is 9.58. The molecule has 42 heavy (non-hydrogen) atoms. The Kier molecular flexibility index (Phi) is 6.27. The molecule has 2 aromatic rings. The number of ketones is 2. The Hall–Kier alpha value is -3.87. The van der Waals surface area contributed by atoms with Crippen LogP contribution in [0.15, 0.2) is 46.9 Å². The number of hydrogen-bond donors (Lipinski definition) is 5. The number of nitrogens with two attached hydrogens (primary N) is 1. The zero-order chi connectivity index (χ0) is 30.5. The Bertz CT molecular complexity index is 1650. The summed E-state index contributed by atoms with van der Waals surface area (Å²) in [4.78, 5) is 42.6. The van der Waals surface area contributed by atoms with Gasteiger partial charge in [-0.05, 0) is 55.4 Å². The molecule has 10 nitrogen and oxygen atoms in total. The fourth-order valence-corrected chi connectivity index (χ4v) is 7.36. The number of carbonyl (C=O) groups excluding carboxylic acids is 3. The normalized spacial score (nSPS) is 29.2. The molecule has 0 spiro atoms. The van der Waals surface area contributed by atoms with E-state index in [-0.39, 0.29) is 55.8 Å². The standard InChI is InChI=1S/C30H31F2N3O7/c1-34(2)22-18-10-16-9-15-8-14-4-3-13(11-35-6-5-29(31,32)12-35)7-17(14)23(36)19(15)24(37)20(16)26(39)30(18,42)27(40)21(25(22)38)28(33)41/h3-4,7-8,16,18,22,36,38-39,42H,5-6,9-12H2,1-2H3,(H2,33,41)/t16-,18-,22-,30-/m0/s1. The number of phenols is 1. The molecule has 1 amide bonds. The van der Waals surface area contributed by atoms with Crippen LogP contribution < -0.4 is 5.73 Å². The lowest BCUT2D eigenvalue weighted by molar-refractivity contribution is -0.148. The Morgan fingerprint density at radius 3 is 2.50 bits per heavy atom. The zero-order valence-electron chi connectivity index (χ0n) is 23.0. The number of nitrogens with zero attached hydrogens (tertiary/aromatic N) is 2. The first-order chi connectivity index (χ1) is 19.7. The SMILES string of the molecule is CN(C)[C@@H]1C(O)=C(C(N)=O)C(=O)[C@@]2(O)C(O)=C3C(=O)c4c(cc5ccc(CN6CCC(F)(F)C6)cc5c4O)C[C@H]3C[C@@H]12. The van der Waals surface area contributed by atoms with Crippen LogP contribution in [0, 0.1) is 11.8 Å². The van der Waals surface area contributed by atoms with Crippen molar-refractivity contribution in [3.8, 4) is 5.75 Å². The number of aliphatic hydroxyl groups is 3. The summed E-state index contributed by atoms with van der Waals surface area (Å²) in [5.41, 5.74) is 2.64. The number of halogens is 2. The number of likely N-dealkylation sites (tertiary alicyclic amines) is 1. The van der Waals surface area contributed by atoms with Crippen LogP contribution >= 0.6 is 0 Å². The lowest BCUT2D eigenvalue weighted by Crippen LogP contribution is -2.63. The van der Waals surface area contributed by atoms with Gasteiger partial charge in [0, 0.05) is 36.4 Å². The number of benzene rings is 2. The number of rotatable bonds is 4. The number of aromatic hydroxyl groups is 1. The summed E-state index contributed by atoms with van der Waals surface area (Å²) in [6, 6.07) is 5.87. The van der Waals surface area contributed by atoms with Crippen molar-refractivity contribution in [2.45, 2.75) is 43.4 Å². The summed E-state index contributed by atoms with van der Waals surface area (Å²) in [7, 11) is 3.14. The maximum absolute atomic E-state index is 13.9. The van der Waals surface area contributed by atoms with Gasteiger partial charge in [0.2, 0.25) is 5.78 Å². The van der Waals surface area contributed by atoms with Crippen molar-refractivity contribution in [3.05, 3.63) is 63.6 Å². The molecule has 12 heteroatoms. The number of phenolic OH excluding ortho intramolecular Hbond substituents is 1. The molecular formula is C30H31F2N3O7. The molecule has 0 aromatic heterocycles. The number of Topliss-reactive ketones (excluding diaryl/α,β-unsaturated/α-hetero) is 2. The molecule has 4 atom stereocenters. The quantitative estimate of drug-likeness (QED) is 0.339. The summed E-state index contributed by atoms with van der Waals surface area (Å²) < 4.78 is 27.4. The van der Waals surface area contributed by atoms with Gasteiger partial charge < -0.3 is 26.2 Å². The number of primary amides is 1. The Balaban J connectivity index is 1.44. The van der Waals surface area contributed by atoms with Gasteiger partial charge in [-0.1, -0.05) is 18.2 Å². The molecular weight excluding hydrogens is 552 g/mol. The van der Waals surface area contributed by atoms with Gasteiger partial charge in [0.05, 0.1) is 18.2 Å². The monoisotopic (exact) mass is 583 g/mol. The van der Waals surface area contributed by atoms with Gasteiger partial charge in [-0.2, -0.15) is 0 Å². The second-order valence-electron chi connectivity index (χ2n) is 12.1. The second-order valence-corrected chi connectivity index (χ2v) is 12.1. The second kappa shape index (κ2) is 9.32. The number of likely N-dealkylation sites (N-methyl/N-ethyl adjacent to an activating group) is 1. The van der Waals surface area contributed by atoms with E-state index in [1.807, 2.05) is 0 Å². The van der Waals surface area contributed by atoms with Gasteiger partial charge in [0.25, 0.3) is 11.8 Å². The van der Waals surface area contributed by atoms with E-state index in [2.05, 4.69) is 0 Å². The van der Waals surface area contributed by atoms with E-state index >= 15 is 0 Å². The minimum atomic E-state index is -2.75. The van der Waals surface area contributed by atoms with E-state index < -0.39 is 64.0 Å². The molecule has 6 rings (SSSR count). The van der Waals surface area contributed by atoms with E-state index in [9.17, 15) is 43.6 Å². The number of fused-ring (bicyclic) bond motifs is 4. The van der Waals surface area contributed by atoms with E-state index in [4.69, 9.17) is 5.73 Å². The molecule has 6 N–H and O–H groups in total. The molecule has 4 aliphatic rings. The third kappa shape index (κ3) is 3.96. The van der Waals surface area contributed by atoms with Crippen molar-refractivity contribution in [2.75, 3.05) is 27.2 Å².